The zero-order valence-corrected chi connectivity index (χ0v) is 19.8. The number of nitrogens with one attached hydrogen (secondary N) is 1. The summed E-state index contributed by atoms with van der Waals surface area (Å²) in [5.74, 6) is 1.01. The first kappa shape index (κ1) is 20.8. The molecule has 1 saturated carbocycles. The van der Waals surface area contributed by atoms with Crippen LogP contribution < -0.4 is 5.32 Å². The number of fused-ring (bicyclic) bond motifs is 3. The van der Waals surface area contributed by atoms with Crippen molar-refractivity contribution < 1.29 is 14.3 Å². The number of anilines is 1. The molecule has 0 aliphatic heterocycles. The lowest BCUT2D eigenvalue weighted by molar-refractivity contribution is -0.113. The molecule has 31 heavy (non-hydrogen) atoms. The van der Waals surface area contributed by atoms with E-state index in [2.05, 4.69) is 10.3 Å². The second-order valence-electron chi connectivity index (χ2n) is 7.81. The monoisotopic (exact) mass is 474 g/mol. The van der Waals surface area contributed by atoms with E-state index in [1.165, 1.54) is 42.2 Å². The maximum absolute atomic E-state index is 12.6. The van der Waals surface area contributed by atoms with Crippen molar-refractivity contribution in [1.29, 1.82) is 0 Å². The van der Waals surface area contributed by atoms with Crippen LogP contribution >= 0.6 is 34.4 Å². The van der Waals surface area contributed by atoms with E-state index in [1.807, 2.05) is 0 Å². The molecule has 5 rings (SSSR count). The first-order valence-corrected chi connectivity index (χ1v) is 13.0. The van der Waals surface area contributed by atoms with E-state index in [1.54, 1.807) is 18.3 Å². The summed E-state index contributed by atoms with van der Waals surface area (Å²) in [4.78, 5) is 41.3. The average molecular weight is 475 g/mol. The first-order valence-electron chi connectivity index (χ1n) is 10.3. The SMILES string of the molecule is COC(=O)c1sc(NC(=O)CSc2nc(C3CC3)nc3sc4c(c23)CCCC4)nc1C. The van der Waals surface area contributed by atoms with Crippen molar-refractivity contribution in [1.82, 2.24) is 15.0 Å². The van der Waals surface area contributed by atoms with Gasteiger partial charge in [-0.2, -0.15) is 0 Å². The highest BCUT2D eigenvalue weighted by molar-refractivity contribution is 8.00. The van der Waals surface area contributed by atoms with E-state index in [-0.39, 0.29) is 11.7 Å². The fraction of sp³-hybridized carbons (Fsp3) is 0.476. The summed E-state index contributed by atoms with van der Waals surface area (Å²) in [7, 11) is 1.33. The van der Waals surface area contributed by atoms with Gasteiger partial charge in [0.05, 0.1) is 18.6 Å². The standard InChI is InChI=1S/C21H22N4O3S3/c1-10-16(20(27)28-2)31-21(22-10)23-14(26)9-29-18-15-12-5-3-4-6-13(12)30-19(15)25-17(24-18)11-7-8-11/h11H,3-9H2,1-2H3,(H,22,23,26). The molecule has 162 valence electrons. The van der Waals surface area contributed by atoms with Crippen LogP contribution in [-0.2, 0) is 22.4 Å². The van der Waals surface area contributed by atoms with Gasteiger partial charge in [-0.15, -0.1) is 11.3 Å². The van der Waals surface area contributed by atoms with Gasteiger partial charge in [0.25, 0.3) is 0 Å². The van der Waals surface area contributed by atoms with Gasteiger partial charge in [-0.05, 0) is 51.0 Å². The van der Waals surface area contributed by atoms with E-state index in [0.717, 1.165) is 58.1 Å². The molecule has 0 unspecified atom stereocenters. The third-order valence-electron chi connectivity index (χ3n) is 5.49. The normalized spacial score (nSPS) is 15.7. The average Bonchev–Trinajstić information content (AvgIpc) is 3.46. The predicted molar refractivity (Wildman–Crippen MR) is 124 cm³/mol. The molecule has 2 aliphatic carbocycles. The van der Waals surface area contributed by atoms with Crippen molar-refractivity contribution >= 4 is 61.7 Å². The van der Waals surface area contributed by atoms with E-state index >= 15 is 0 Å². The van der Waals surface area contributed by atoms with Crippen LogP contribution in [0.1, 0.15) is 63.2 Å². The van der Waals surface area contributed by atoms with E-state index in [4.69, 9.17) is 14.7 Å². The minimum Gasteiger partial charge on any atom is -0.465 e. The summed E-state index contributed by atoms with van der Waals surface area (Å²) in [5, 5.41) is 5.29. The molecule has 2 aliphatic rings. The minimum atomic E-state index is -0.442. The van der Waals surface area contributed by atoms with Crippen molar-refractivity contribution in [3.05, 3.63) is 26.8 Å². The van der Waals surface area contributed by atoms with Gasteiger partial charge in [0, 0.05) is 16.2 Å². The van der Waals surface area contributed by atoms with Gasteiger partial charge in [0.1, 0.15) is 20.6 Å². The number of esters is 1. The molecule has 0 saturated heterocycles. The van der Waals surface area contributed by atoms with E-state index in [9.17, 15) is 9.59 Å². The number of thiazole rings is 1. The summed E-state index contributed by atoms with van der Waals surface area (Å²) >= 11 is 4.40. The van der Waals surface area contributed by atoms with Crippen molar-refractivity contribution in [3.63, 3.8) is 0 Å². The lowest BCUT2D eigenvalue weighted by atomic mass is 9.97. The summed E-state index contributed by atoms with van der Waals surface area (Å²) in [6, 6.07) is 0. The minimum absolute atomic E-state index is 0.168. The van der Waals surface area contributed by atoms with Crippen LogP contribution in [0.2, 0.25) is 0 Å². The van der Waals surface area contributed by atoms with E-state index < -0.39 is 5.97 Å². The summed E-state index contributed by atoms with van der Waals surface area (Å²) in [5.41, 5.74) is 1.94. The number of rotatable bonds is 6. The maximum Gasteiger partial charge on any atom is 0.350 e. The zero-order chi connectivity index (χ0) is 21.5. The number of ether oxygens (including phenoxy) is 1. The second kappa shape index (κ2) is 8.48. The molecule has 3 aromatic heterocycles. The summed E-state index contributed by atoms with van der Waals surface area (Å²) in [6.07, 6.45) is 6.90. The van der Waals surface area contributed by atoms with Crippen LogP contribution in [0, 0.1) is 6.92 Å². The third-order valence-corrected chi connectivity index (χ3v) is 8.71. The highest BCUT2D eigenvalue weighted by Crippen LogP contribution is 2.44. The quantitative estimate of drug-likeness (QED) is 0.313. The molecule has 3 heterocycles. The largest absolute Gasteiger partial charge is 0.465 e. The van der Waals surface area contributed by atoms with Crippen LogP contribution in [0.5, 0.6) is 0 Å². The van der Waals surface area contributed by atoms with E-state index in [0.29, 0.717) is 21.6 Å². The number of nitrogens with zero attached hydrogens (tertiary/aromatic N) is 3. The fourth-order valence-electron chi connectivity index (χ4n) is 3.79. The molecule has 3 aromatic rings. The molecule has 0 spiro atoms. The van der Waals surface area contributed by atoms with Gasteiger partial charge >= 0.3 is 5.97 Å². The van der Waals surface area contributed by atoms with Crippen LogP contribution in [0.4, 0.5) is 5.13 Å². The Morgan fingerprint density at radius 1 is 1.16 bits per heavy atom. The van der Waals surface area contributed by atoms with Gasteiger partial charge in [0.2, 0.25) is 5.91 Å². The van der Waals surface area contributed by atoms with Gasteiger partial charge in [-0.3, -0.25) is 4.79 Å². The van der Waals surface area contributed by atoms with Crippen molar-refractivity contribution in [3.8, 4) is 0 Å². The number of hydrogen-bond acceptors (Lipinski definition) is 9. The fourth-order valence-corrected chi connectivity index (χ4v) is 6.89. The molecule has 10 heteroatoms. The Kier molecular flexibility index (Phi) is 5.70. The number of methoxy groups -OCH3 is 1. The second-order valence-corrected chi connectivity index (χ2v) is 10.9. The molecule has 1 amide bonds. The molecular formula is C21H22N4O3S3. The molecule has 0 radical (unpaired) electrons. The van der Waals surface area contributed by atoms with Gasteiger partial charge < -0.3 is 10.1 Å². The smallest absolute Gasteiger partial charge is 0.350 e. The number of aryl methyl sites for hydroxylation is 3. The molecule has 0 atom stereocenters. The van der Waals surface area contributed by atoms with Gasteiger partial charge in [0.15, 0.2) is 5.13 Å². The lowest BCUT2D eigenvalue weighted by Gasteiger charge is -2.12. The summed E-state index contributed by atoms with van der Waals surface area (Å²) in [6.45, 7) is 1.73. The molecule has 7 nitrogen and oxygen atoms in total. The number of carbonyl (C=O) groups excluding carboxylic acids is 2. The van der Waals surface area contributed by atoms with Crippen molar-refractivity contribution in [2.75, 3.05) is 18.2 Å². The molecular weight excluding hydrogens is 452 g/mol. The Morgan fingerprint density at radius 2 is 1.97 bits per heavy atom. The van der Waals surface area contributed by atoms with Crippen LogP contribution in [0.15, 0.2) is 5.03 Å². The van der Waals surface area contributed by atoms with Crippen molar-refractivity contribution in [2.24, 2.45) is 0 Å². The van der Waals surface area contributed by atoms with Crippen LogP contribution in [-0.4, -0.2) is 39.7 Å². The lowest BCUT2D eigenvalue weighted by Crippen LogP contribution is -2.14. The van der Waals surface area contributed by atoms with Gasteiger partial charge in [-0.1, -0.05) is 23.1 Å². The molecule has 0 bridgehead atoms. The summed E-state index contributed by atoms with van der Waals surface area (Å²) < 4.78 is 4.76. The Morgan fingerprint density at radius 3 is 2.74 bits per heavy atom. The van der Waals surface area contributed by atoms with Crippen LogP contribution in [0.3, 0.4) is 0 Å². The topological polar surface area (TPSA) is 94.1 Å². The Balaban J connectivity index is 1.36. The number of thioether (sulfide) groups is 1. The number of carbonyl (C=O) groups is 2. The first-order chi connectivity index (χ1) is 15.0. The number of thiophene rings is 1. The number of amides is 1. The third kappa shape index (κ3) is 4.20. The molecule has 0 aromatic carbocycles. The van der Waals surface area contributed by atoms with Gasteiger partial charge in [-0.25, -0.2) is 19.7 Å². The Hall–Kier alpha value is -2.04. The highest BCUT2D eigenvalue weighted by atomic mass is 32.2. The number of hydrogen-bond donors (Lipinski definition) is 1. The highest BCUT2D eigenvalue weighted by Gasteiger charge is 2.29. The Bertz CT molecular complexity index is 1180. The molecule has 1 N–H and O–H groups in total. The Labute approximate surface area is 192 Å². The molecule has 1 fully saturated rings. The zero-order valence-electron chi connectivity index (χ0n) is 17.3. The predicted octanol–water partition coefficient (Wildman–Crippen LogP) is 4.73. The van der Waals surface area contributed by atoms with Crippen molar-refractivity contribution in [2.45, 2.75) is 56.4 Å². The maximum atomic E-state index is 12.6. The van der Waals surface area contributed by atoms with Crippen LogP contribution in [0.25, 0.3) is 10.2 Å². The number of aromatic nitrogens is 3.